The van der Waals surface area contributed by atoms with E-state index in [0.717, 1.165) is 0 Å². The molecule has 0 bridgehead atoms. The number of ether oxygens (including phenoxy) is 2. The van der Waals surface area contributed by atoms with Crippen molar-refractivity contribution in [1.29, 1.82) is 0 Å². The number of hydrogen-bond acceptors (Lipinski definition) is 8. The zero-order valence-electron chi connectivity index (χ0n) is 20.5. The Labute approximate surface area is 202 Å². The topological polar surface area (TPSA) is 126 Å². The third-order valence-electron chi connectivity index (χ3n) is 8.94. The normalized spacial score (nSPS) is 34.9. The van der Waals surface area contributed by atoms with Crippen LogP contribution in [0.4, 0.5) is 0 Å². The maximum absolute atomic E-state index is 13.4. The third kappa shape index (κ3) is 2.75. The van der Waals surface area contributed by atoms with Crippen molar-refractivity contribution in [3.8, 4) is 28.6 Å². The number of carbonyl (C=O) groups excluding carboxylic acids is 1. The number of carbonyl (C=O) groups is 1. The van der Waals surface area contributed by atoms with Gasteiger partial charge in [0, 0.05) is 23.5 Å². The number of benzene rings is 1. The quantitative estimate of drug-likeness (QED) is 0.596. The fraction of sp³-hybridized carbons (Fsp3) is 0.481. The lowest BCUT2D eigenvalue weighted by Crippen LogP contribution is -2.81. The Kier molecular flexibility index (Phi) is 4.71. The van der Waals surface area contributed by atoms with E-state index in [2.05, 4.69) is 0 Å². The average molecular weight is 483 g/mol. The SMILES string of the molecule is COc1cc(-c2cc3c(c(=O)o2)CC2(O)C(C)(CCC4(O)C(C)(C)C=CC(=O)C42C)O3)ccc1O. The maximum Gasteiger partial charge on any atom is 0.343 e. The number of hydrogen-bond donors (Lipinski definition) is 3. The Morgan fingerprint density at radius 1 is 1.00 bits per heavy atom. The Balaban J connectivity index is 1.67. The van der Waals surface area contributed by atoms with Crippen molar-refractivity contribution in [2.24, 2.45) is 10.8 Å². The number of ketones is 1. The Hall–Kier alpha value is -3.10. The van der Waals surface area contributed by atoms with Gasteiger partial charge in [-0.3, -0.25) is 4.79 Å². The second-order valence-corrected chi connectivity index (χ2v) is 10.9. The van der Waals surface area contributed by atoms with Gasteiger partial charge >= 0.3 is 5.63 Å². The zero-order chi connectivity index (χ0) is 25.6. The molecule has 0 radical (unpaired) electrons. The van der Waals surface area contributed by atoms with Crippen molar-refractivity contribution in [3.05, 3.63) is 52.4 Å². The molecule has 1 fully saturated rings. The van der Waals surface area contributed by atoms with Crippen molar-refractivity contribution < 1.29 is 34.0 Å². The molecular weight excluding hydrogens is 452 g/mol. The van der Waals surface area contributed by atoms with Crippen LogP contribution in [-0.2, 0) is 11.2 Å². The highest BCUT2D eigenvalue weighted by Crippen LogP contribution is 2.65. The van der Waals surface area contributed by atoms with Gasteiger partial charge in [-0.05, 0) is 51.0 Å². The maximum atomic E-state index is 13.4. The number of rotatable bonds is 2. The van der Waals surface area contributed by atoms with E-state index >= 15 is 0 Å². The molecule has 5 rings (SSSR count). The van der Waals surface area contributed by atoms with Crippen LogP contribution in [0.1, 0.15) is 46.1 Å². The molecular formula is C27H30O8. The smallest absolute Gasteiger partial charge is 0.343 e. The molecule has 1 aliphatic heterocycles. The minimum atomic E-state index is -1.88. The van der Waals surface area contributed by atoms with E-state index in [-0.39, 0.29) is 47.8 Å². The number of allylic oxidation sites excluding steroid dienone is 1. The van der Waals surface area contributed by atoms with Gasteiger partial charge in [0.1, 0.15) is 22.7 Å². The highest BCUT2D eigenvalue weighted by Gasteiger charge is 2.77. The molecule has 0 amide bonds. The first kappa shape index (κ1) is 23.6. The predicted octanol–water partition coefficient (Wildman–Crippen LogP) is 3.14. The molecule has 1 aromatic carbocycles. The second kappa shape index (κ2) is 6.98. The van der Waals surface area contributed by atoms with Gasteiger partial charge < -0.3 is 29.2 Å². The standard InChI is InChI=1S/C27H30O8/c1-23(2)9-8-21(29)25(4)26(23,31)11-10-24(3)27(25,32)14-16-19(35-24)13-18(34-22(16)30)15-6-7-17(28)20(12-15)33-5/h6-9,12-13,28,31-32H,10-11,14H2,1-5H3. The second-order valence-electron chi connectivity index (χ2n) is 10.9. The lowest BCUT2D eigenvalue weighted by atomic mass is 9.41. The molecule has 1 aromatic heterocycles. The summed E-state index contributed by atoms with van der Waals surface area (Å²) in [6.07, 6.45) is 3.38. The van der Waals surface area contributed by atoms with Crippen LogP contribution in [0.25, 0.3) is 11.3 Å². The lowest BCUT2D eigenvalue weighted by Gasteiger charge is -2.68. The van der Waals surface area contributed by atoms with E-state index in [1.807, 2.05) is 13.8 Å². The van der Waals surface area contributed by atoms with E-state index in [0.29, 0.717) is 5.56 Å². The Morgan fingerprint density at radius 2 is 1.71 bits per heavy atom. The van der Waals surface area contributed by atoms with E-state index in [1.54, 1.807) is 32.1 Å². The van der Waals surface area contributed by atoms with Crippen LogP contribution in [0.3, 0.4) is 0 Å². The van der Waals surface area contributed by atoms with Crippen LogP contribution in [-0.4, -0.2) is 45.0 Å². The van der Waals surface area contributed by atoms with Crippen molar-refractivity contribution in [2.45, 2.75) is 63.8 Å². The average Bonchev–Trinajstić information content (AvgIpc) is 2.80. The molecule has 2 heterocycles. The van der Waals surface area contributed by atoms with Gasteiger partial charge in [-0.15, -0.1) is 0 Å². The Morgan fingerprint density at radius 3 is 2.40 bits per heavy atom. The number of fused-ring (bicyclic) bond motifs is 4. The van der Waals surface area contributed by atoms with Gasteiger partial charge in [0.25, 0.3) is 0 Å². The molecule has 4 unspecified atom stereocenters. The van der Waals surface area contributed by atoms with Crippen LogP contribution in [0, 0.1) is 10.8 Å². The molecule has 1 saturated carbocycles. The molecule has 3 aliphatic rings. The first-order valence-corrected chi connectivity index (χ1v) is 11.6. The first-order chi connectivity index (χ1) is 16.2. The molecule has 8 heteroatoms. The highest BCUT2D eigenvalue weighted by molar-refractivity contribution is 5.98. The van der Waals surface area contributed by atoms with Gasteiger partial charge in [0.2, 0.25) is 0 Å². The van der Waals surface area contributed by atoms with Gasteiger partial charge in [-0.25, -0.2) is 4.79 Å². The molecule has 8 nitrogen and oxygen atoms in total. The number of aromatic hydroxyl groups is 1. The van der Waals surface area contributed by atoms with Crippen LogP contribution in [0.15, 0.2) is 45.6 Å². The molecule has 35 heavy (non-hydrogen) atoms. The minimum Gasteiger partial charge on any atom is -0.504 e. The van der Waals surface area contributed by atoms with Crippen molar-refractivity contribution in [1.82, 2.24) is 0 Å². The van der Waals surface area contributed by atoms with Crippen molar-refractivity contribution in [3.63, 3.8) is 0 Å². The molecule has 4 atom stereocenters. The van der Waals surface area contributed by atoms with Gasteiger partial charge in [-0.2, -0.15) is 0 Å². The minimum absolute atomic E-state index is 0.0533. The number of methoxy groups -OCH3 is 1. The molecule has 2 aliphatic carbocycles. The van der Waals surface area contributed by atoms with E-state index in [4.69, 9.17) is 13.9 Å². The Bertz CT molecular complexity index is 1340. The van der Waals surface area contributed by atoms with Crippen molar-refractivity contribution >= 4 is 5.78 Å². The van der Waals surface area contributed by atoms with Gasteiger partial charge in [-0.1, -0.05) is 19.9 Å². The molecule has 3 N–H and O–H groups in total. The van der Waals surface area contributed by atoms with E-state index in [1.165, 1.54) is 25.3 Å². The van der Waals surface area contributed by atoms with Crippen LogP contribution in [0.2, 0.25) is 0 Å². The van der Waals surface area contributed by atoms with Crippen molar-refractivity contribution in [2.75, 3.05) is 7.11 Å². The summed E-state index contributed by atoms with van der Waals surface area (Å²) in [5.41, 5.74) is -7.22. The summed E-state index contributed by atoms with van der Waals surface area (Å²) in [5, 5.41) is 34.1. The number of phenols is 1. The summed E-state index contributed by atoms with van der Waals surface area (Å²) in [5.74, 6) is 0.218. The molecule has 0 spiro atoms. The predicted molar refractivity (Wildman–Crippen MR) is 127 cm³/mol. The molecule has 186 valence electrons. The summed E-state index contributed by atoms with van der Waals surface area (Å²) < 4.78 is 17.1. The fourth-order valence-electron chi connectivity index (χ4n) is 6.43. The fourth-order valence-corrected chi connectivity index (χ4v) is 6.43. The zero-order valence-corrected chi connectivity index (χ0v) is 20.5. The lowest BCUT2D eigenvalue weighted by molar-refractivity contribution is -0.297. The van der Waals surface area contributed by atoms with E-state index in [9.17, 15) is 24.9 Å². The highest BCUT2D eigenvalue weighted by atomic mass is 16.5. The summed E-state index contributed by atoms with van der Waals surface area (Å²) >= 11 is 0. The summed E-state index contributed by atoms with van der Waals surface area (Å²) in [7, 11) is 1.42. The summed E-state index contributed by atoms with van der Waals surface area (Å²) in [6.45, 7) is 6.97. The summed E-state index contributed by atoms with van der Waals surface area (Å²) in [6, 6.07) is 6.13. The van der Waals surface area contributed by atoms with Crippen LogP contribution >= 0.6 is 0 Å². The monoisotopic (exact) mass is 482 g/mol. The largest absolute Gasteiger partial charge is 0.504 e. The number of aliphatic hydroxyl groups is 2. The van der Waals surface area contributed by atoms with Gasteiger partial charge in [0.05, 0.1) is 23.7 Å². The number of phenolic OH excluding ortho intramolecular Hbond substituents is 1. The first-order valence-electron chi connectivity index (χ1n) is 11.6. The molecule has 0 saturated heterocycles. The van der Waals surface area contributed by atoms with Crippen LogP contribution < -0.4 is 15.1 Å². The van der Waals surface area contributed by atoms with Crippen LogP contribution in [0.5, 0.6) is 17.2 Å². The third-order valence-corrected chi connectivity index (χ3v) is 8.94. The van der Waals surface area contributed by atoms with Gasteiger partial charge in [0.15, 0.2) is 17.3 Å². The van der Waals surface area contributed by atoms with E-state index < -0.39 is 39.0 Å². The molecule has 2 aromatic rings. The summed E-state index contributed by atoms with van der Waals surface area (Å²) in [4.78, 5) is 26.5.